The zero-order valence-corrected chi connectivity index (χ0v) is 23.0. The van der Waals surface area contributed by atoms with E-state index in [0.29, 0.717) is 33.5 Å². The third kappa shape index (κ3) is 6.34. The van der Waals surface area contributed by atoms with Crippen molar-refractivity contribution in [2.45, 2.75) is 36.9 Å². The summed E-state index contributed by atoms with van der Waals surface area (Å²) < 4.78 is 49.1. The van der Waals surface area contributed by atoms with Crippen LogP contribution in [-0.2, 0) is 30.8 Å². The largest absolute Gasteiger partial charge is 0.370 e. The first-order valence-corrected chi connectivity index (χ1v) is 14.8. The predicted octanol–water partition coefficient (Wildman–Crippen LogP) is 1.97. The van der Waals surface area contributed by atoms with Gasteiger partial charge >= 0.3 is 0 Å². The van der Waals surface area contributed by atoms with E-state index in [2.05, 4.69) is 10.0 Å². The molecule has 2 aliphatic heterocycles. The lowest BCUT2D eigenvalue weighted by molar-refractivity contribution is -0.132. The Balaban J connectivity index is 1.61. The summed E-state index contributed by atoms with van der Waals surface area (Å²) in [5.41, 5.74) is 0.859. The number of thiophene rings is 1. The van der Waals surface area contributed by atoms with Gasteiger partial charge in [0.25, 0.3) is 11.8 Å². The molecule has 2 aliphatic rings. The molecule has 1 aromatic carbocycles. The molecule has 0 unspecified atom stereocenters. The number of nitrogens with zero attached hydrogens (tertiary/aromatic N) is 2. The Morgan fingerprint density at radius 2 is 2.05 bits per heavy atom. The lowest BCUT2D eigenvalue weighted by atomic mass is 10.1. The van der Waals surface area contributed by atoms with Crippen LogP contribution in [0.5, 0.6) is 0 Å². The Morgan fingerprint density at radius 3 is 2.68 bits per heavy atom. The van der Waals surface area contributed by atoms with E-state index in [1.54, 1.807) is 19.1 Å². The van der Waals surface area contributed by atoms with Crippen LogP contribution in [0.15, 0.2) is 35.2 Å². The fraction of sp³-hybridized carbons (Fsp3) is 0.458. The van der Waals surface area contributed by atoms with Gasteiger partial charge in [0.1, 0.15) is 18.8 Å². The quantitative estimate of drug-likeness (QED) is 0.463. The summed E-state index contributed by atoms with van der Waals surface area (Å²) in [7, 11) is -4.31. The van der Waals surface area contributed by atoms with Gasteiger partial charge in [-0.25, -0.2) is 12.8 Å². The van der Waals surface area contributed by atoms with E-state index >= 15 is 0 Å². The molecule has 4 rings (SSSR count). The number of carbonyl (C=O) groups is 3. The van der Waals surface area contributed by atoms with Crippen molar-refractivity contribution in [2.24, 2.45) is 0 Å². The molecule has 2 saturated heterocycles. The molecule has 0 bridgehead atoms. The SMILES string of the molecule is CCc1c(N2CCOCC2=O)cccc1S(=O)(=O)N[C@@H](CNC(=O)c1ccc(Cl)s1)C(=O)N1CC[C@@H](F)C1. The summed E-state index contributed by atoms with van der Waals surface area (Å²) in [6, 6.07) is 6.28. The fourth-order valence-electron chi connectivity index (χ4n) is 4.47. The second-order valence-corrected chi connectivity index (χ2v) is 12.3. The average Bonchev–Trinajstić information content (AvgIpc) is 3.54. The molecule has 1 aromatic heterocycles. The van der Waals surface area contributed by atoms with E-state index < -0.39 is 34.1 Å². The van der Waals surface area contributed by atoms with Crippen LogP contribution in [0.25, 0.3) is 0 Å². The highest BCUT2D eigenvalue weighted by molar-refractivity contribution is 7.89. The standard InChI is InChI=1S/C24H28ClFN4O6S2/c1-2-16-18(30-10-11-36-14-22(30)31)4-3-5-20(16)38(34,35)28-17(24(33)29-9-8-15(26)13-29)12-27-23(32)19-6-7-21(25)37-19/h3-7,15,17,28H,2,8-14H2,1H3,(H,27,32)/t15-,17+/m1/s1. The molecule has 0 spiro atoms. The molecular weight excluding hydrogens is 559 g/mol. The molecule has 0 radical (unpaired) electrons. The molecular formula is C24H28ClFN4O6S2. The first kappa shape index (κ1) is 28.4. The van der Waals surface area contributed by atoms with Gasteiger partial charge in [-0.1, -0.05) is 24.6 Å². The Kier molecular flexibility index (Phi) is 9.04. The van der Waals surface area contributed by atoms with Crippen LogP contribution in [0.3, 0.4) is 0 Å². The van der Waals surface area contributed by atoms with E-state index in [1.807, 2.05) is 0 Å². The second kappa shape index (κ2) is 12.1. The lowest BCUT2D eigenvalue weighted by Crippen LogP contribution is -2.53. The normalized spacial score (nSPS) is 19.0. The highest BCUT2D eigenvalue weighted by Gasteiger charge is 2.35. The average molecular weight is 587 g/mol. The van der Waals surface area contributed by atoms with E-state index in [1.165, 1.54) is 28.0 Å². The fourth-order valence-corrected chi connectivity index (χ4v) is 6.95. The highest BCUT2D eigenvalue weighted by Crippen LogP contribution is 2.29. The number of benzene rings is 1. The minimum absolute atomic E-state index is 0.0873. The van der Waals surface area contributed by atoms with Crippen molar-refractivity contribution in [3.05, 3.63) is 45.1 Å². The maximum atomic E-state index is 13.8. The number of amides is 3. The molecule has 3 amide bonds. The Morgan fingerprint density at radius 1 is 1.26 bits per heavy atom. The van der Waals surface area contributed by atoms with Gasteiger partial charge in [0, 0.05) is 25.3 Å². The minimum atomic E-state index is -4.31. The van der Waals surface area contributed by atoms with Crippen LogP contribution in [-0.4, -0.2) is 82.6 Å². The maximum Gasteiger partial charge on any atom is 0.261 e. The van der Waals surface area contributed by atoms with Crippen molar-refractivity contribution < 1.29 is 31.9 Å². The molecule has 2 atom stereocenters. The van der Waals surface area contributed by atoms with Crippen molar-refractivity contribution in [1.82, 2.24) is 14.9 Å². The van der Waals surface area contributed by atoms with E-state index in [9.17, 15) is 27.2 Å². The van der Waals surface area contributed by atoms with Gasteiger partial charge in [-0.05, 0) is 42.7 Å². The van der Waals surface area contributed by atoms with Crippen LogP contribution >= 0.6 is 22.9 Å². The van der Waals surface area contributed by atoms with Crippen LogP contribution < -0.4 is 14.9 Å². The molecule has 2 N–H and O–H groups in total. The Labute approximate surface area is 229 Å². The number of rotatable bonds is 9. The summed E-state index contributed by atoms with van der Waals surface area (Å²) >= 11 is 6.94. The van der Waals surface area contributed by atoms with Gasteiger partial charge in [-0.15, -0.1) is 11.3 Å². The lowest BCUT2D eigenvalue weighted by Gasteiger charge is -2.30. The molecule has 0 saturated carbocycles. The molecule has 0 aliphatic carbocycles. The number of sulfonamides is 1. The van der Waals surface area contributed by atoms with Gasteiger partial charge in [-0.3, -0.25) is 14.4 Å². The smallest absolute Gasteiger partial charge is 0.261 e. The van der Waals surface area contributed by atoms with Crippen molar-refractivity contribution in [3.8, 4) is 0 Å². The number of morpholine rings is 1. The van der Waals surface area contributed by atoms with Crippen LogP contribution in [0.2, 0.25) is 4.34 Å². The Bertz CT molecular complexity index is 1320. The summed E-state index contributed by atoms with van der Waals surface area (Å²) in [5.74, 6) is -1.45. The van der Waals surface area contributed by atoms with Crippen LogP contribution in [0, 0.1) is 0 Å². The second-order valence-electron chi connectivity index (χ2n) is 8.86. The molecule has 2 aromatic rings. The van der Waals surface area contributed by atoms with Crippen LogP contribution in [0.4, 0.5) is 10.1 Å². The molecule has 38 heavy (non-hydrogen) atoms. The summed E-state index contributed by atoms with van der Waals surface area (Å²) in [5, 5.41) is 2.58. The topological polar surface area (TPSA) is 125 Å². The third-order valence-electron chi connectivity index (χ3n) is 6.33. The summed E-state index contributed by atoms with van der Waals surface area (Å²) in [6.45, 7) is 1.90. The monoisotopic (exact) mass is 586 g/mol. The summed E-state index contributed by atoms with van der Waals surface area (Å²) in [4.78, 5) is 41.2. The number of hydrogen-bond donors (Lipinski definition) is 2. The number of halogens is 2. The highest BCUT2D eigenvalue weighted by atomic mass is 35.5. The maximum absolute atomic E-state index is 13.8. The van der Waals surface area contributed by atoms with E-state index in [-0.39, 0.29) is 50.0 Å². The van der Waals surface area contributed by atoms with Crippen molar-refractivity contribution in [1.29, 1.82) is 0 Å². The van der Waals surface area contributed by atoms with Gasteiger partial charge < -0.3 is 19.9 Å². The van der Waals surface area contributed by atoms with Gasteiger partial charge in [0.15, 0.2) is 0 Å². The first-order valence-electron chi connectivity index (χ1n) is 12.1. The zero-order valence-electron chi connectivity index (χ0n) is 20.6. The number of carbonyl (C=O) groups excluding carboxylic acids is 3. The molecule has 206 valence electrons. The zero-order chi connectivity index (χ0) is 27.4. The van der Waals surface area contributed by atoms with E-state index in [4.69, 9.17) is 16.3 Å². The number of hydrogen-bond acceptors (Lipinski definition) is 7. The van der Waals surface area contributed by atoms with E-state index in [0.717, 1.165) is 11.3 Å². The van der Waals surface area contributed by atoms with Crippen LogP contribution in [0.1, 0.15) is 28.6 Å². The van der Waals surface area contributed by atoms with Gasteiger partial charge in [0.2, 0.25) is 15.9 Å². The van der Waals surface area contributed by atoms with Gasteiger partial charge in [0.05, 0.1) is 27.3 Å². The first-order chi connectivity index (χ1) is 18.1. The van der Waals surface area contributed by atoms with Crippen molar-refractivity contribution in [2.75, 3.05) is 44.3 Å². The molecule has 3 heterocycles. The number of nitrogens with one attached hydrogen (secondary N) is 2. The number of alkyl halides is 1. The number of ether oxygens (including phenoxy) is 1. The summed E-state index contributed by atoms with van der Waals surface area (Å²) in [6.07, 6.45) is -0.754. The third-order valence-corrected chi connectivity index (χ3v) is 9.12. The predicted molar refractivity (Wildman–Crippen MR) is 141 cm³/mol. The number of likely N-dealkylation sites (tertiary alicyclic amines) is 1. The van der Waals surface area contributed by atoms with Crippen molar-refractivity contribution in [3.63, 3.8) is 0 Å². The van der Waals surface area contributed by atoms with Gasteiger partial charge in [-0.2, -0.15) is 4.72 Å². The number of anilines is 1. The van der Waals surface area contributed by atoms with Crippen molar-refractivity contribution >= 4 is 56.4 Å². The Hall–Kier alpha value is -2.58. The minimum Gasteiger partial charge on any atom is -0.370 e. The molecule has 14 heteroatoms. The molecule has 10 nitrogen and oxygen atoms in total. The molecule has 2 fully saturated rings.